The summed E-state index contributed by atoms with van der Waals surface area (Å²) >= 11 is 5.58. The average molecular weight is 206 g/mol. The maximum absolute atomic E-state index is 9.45. The summed E-state index contributed by atoms with van der Waals surface area (Å²) < 4.78 is 0. The minimum Gasteiger partial charge on any atom is -0.391 e. The van der Waals surface area contributed by atoms with Crippen molar-refractivity contribution in [2.45, 2.75) is 44.8 Å². The Morgan fingerprint density at radius 3 is 2.92 bits per heavy atom. The number of hydrogen-bond donors (Lipinski definition) is 1. The molecule has 0 aromatic carbocycles. The molecule has 1 rings (SSSR count). The largest absolute Gasteiger partial charge is 0.391 e. The number of nitrogens with zero attached hydrogens (tertiary/aromatic N) is 1. The standard InChI is InChI=1S/C10H20ClNO/c1-9-5-3-2-4-6-12(9)8-10(13)7-11/h9-10,13H,2-8H2,1H3. The van der Waals surface area contributed by atoms with Crippen LogP contribution in [0.2, 0.25) is 0 Å². The van der Waals surface area contributed by atoms with Crippen molar-refractivity contribution in [3.8, 4) is 0 Å². The average Bonchev–Trinajstić information content (AvgIpc) is 2.32. The predicted molar refractivity (Wildman–Crippen MR) is 56.2 cm³/mol. The van der Waals surface area contributed by atoms with E-state index in [0.717, 1.165) is 13.1 Å². The van der Waals surface area contributed by atoms with Crippen LogP contribution in [0, 0.1) is 0 Å². The molecule has 1 N–H and O–H groups in total. The van der Waals surface area contributed by atoms with E-state index in [-0.39, 0.29) is 6.10 Å². The Labute approximate surface area is 85.9 Å². The second-order valence-electron chi connectivity index (χ2n) is 4.00. The summed E-state index contributed by atoms with van der Waals surface area (Å²) in [5.41, 5.74) is 0. The van der Waals surface area contributed by atoms with Crippen molar-refractivity contribution in [2.24, 2.45) is 0 Å². The fraction of sp³-hybridized carbons (Fsp3) is 1.00. The quantitative estimate of drug-likeness (QED) is 0.711. The van der Waals surface area contributed by atoms with E-state index in [9.17, 15) is 5.11 Å². The molecule has 0 aliphatic carbocycles. The molecule has 1 aliphatic rings. The lowest BCUT2D eigenvalue weighted by atomic mass is 10.1. The molecule has 1 fully saturated rings. The van der Waals surface area contributed by atoms with Crippen molar-refractivity contribution in [3.63, 3.8) is 0 Å². The molecule has 0 radical (unpaired) electrons. The Kier molecular flexibility index (Phi) is 5.07. The van der Waals surface area contributed by atoms with Gasteiger partial charge in [0.15, 0.2) is 0 Å². The first kappa shape index (κ1) is 11.3. The minimum atomic E-state index is -0.359. The van der Waals surface area contributed by atoms with Crippen LogP contribution in [0.4, 0.5) is 0 Å². The molecule has 0 spiro atoms. The highest BCUT2D eigenvalue weighted by atomic mass is 35.5. The molecule has 2 unspecified atom stereocenters. The lowest BCUT2D eigenvalue weighted by molar-refractivity contribution is 0.107. The number of hydrogen-bond acceptors (Lipinski definition) is 2. The molecule has 78 valence electrons. The molecule has 0 saturated carbocycles. The zero-order chi connectivity index (χ0) is 9.68. The van der Waals surface area contributed by atoms with Gasteiger partial charge in [-0.1, -0.05) is 12.8 Å². The Balaban J connectivity index is 2.35. The number of β-amino-alcohol motifs (C(OH)–C–C–N with tert-alkyl or cyclic N) is 1. The van der Waals surface area contributed by atoms with Gasteiger partial charge >= 0.3 is 0 Å². The third kappa shape index (κ3) is 3.84. The van der Waals surface area contributed by atoms with Crippen LogP contribution in [0.1, 0.15) is 32.6 Å². The number of likely N-dealkylation sites (tertiary alicyclic amines) is 1. The van der Waals surface area contributed by atoms with Gasteiger partial charge in [-0.2, -0.15) is 0 Å². The highest BCUT2D eigenvalue weighted by Crippen LogP contribution is 2.16. The van der Waals surface area contributed by atoms with Gasteiger partial charge < -0.3 is 5.11 Å². The van der Waals surface area contributed by atoms with E-state index in [1.165, 1.54) is 25.7 Å². The third-order valence-corrected chi connectivity index (χ3v) is 3.17. The lowest BCUT2D eigenvalue weighted by Gasteiger charge is -2.28. The molecule has 1 heterocycles. The summed E-state index contributed by atoms with van der Waals surface area (Å²) in [6.45, 7) is 4.10. The number of halogens is 1. The summed E-state index contributed by atoms with van der Waals surface area (Å²) in [7, 11) is 0. The summed E-state index contributed by atoms with van der Waals surface area (Å²) in [6, 6.07) is 0.611. The van der Waals surface area contributed by atoms with Crippen LogP contribution in [0.15, 0.2) is 0 Å². The fourth-order valence-corrected chi connectivity index (χ4v) is 2.02. The fourth-order valence-electron chi connectivity index (χ4n) is 1.93. The van der Waals surface area contributed by atoms with Crippen LogP contribution >= 0.6 is 11.6 Å². The highest BCUT2D eigenvalue weighted by molar-refractivity contribution is 6.18. The van der Waals surface area contributed by atoms with E-state index in [2.05, 4.69) is 11.8 Å². The first-order valence-corrected chi connectivity index (χ1v) is 5.75. The van der Waals surface area contributed by atoms with Crippen LogP contribution in [0.3, 0.4) is 0 Å². The Bertz CT molecular complexity index is 143. The van der Waals surface area contributed by atoms with Crippen LogP contribution in [0.5, 0.6) is 0 Å². The molecule has 2 nitrogen and oxygen atoms in total. The Morgan fingerprint density at radius 2 is 2.23 bits per heavy atom. The lowest BCUT2D eigenvalue weighted by Crippen LogP contribution is -2.39. The first-order chi connectivity index (χ1) is 6.24. The van der Waals surface area contributed by atoms with Gasteiger partial charge in [0.2, 0.25) is 0 Å². The molecule has 0 amide bonds. The molecule has 3 heteroatoms. The number of aliphatic hydroxyl groups excluding tert-OH is 1. The summed E-state index contributed by atoms with van der Waals surface area (Å²) in [5.74, 6) is 0.350. The van der Waals surface area contributed by atoms with E-state index in [1.807, 2.05) is 0 Å². The molecular formula is C10H20ClNO. The second kappa shape index (κ2) is 5.84. The zero-order valence-electron chi connectivity index (χ0n) is 8.38. The van der Waals surface area contributed by atoms with Gasteiger partial charge in [-0.15, -0.1) is 11.6 Å². The zero-order valence-corrected chi connectivity index (χ0v) is 9.13. The van der Waals surface area contributed by atoms with Gasteiger partial charge in [-0.25, -0.2) is 0 Å². The molecule has 0 aromatic rings. The molecular weight excluding hydrogens is 186 g/mol. The minimum absolute atomic E-state index is 0.350. The molecule has 2 atom stereocenters. The molecule has 1 aliphatic heterocycles. The van der Waals surface area contributed by atoms with Gasteiger partial charge in [0.05, 0.1) is 6.10 Å². The maximum Gasteiger partial charge on any atom is 0.0802 e. The van der Waals surface area contributed by atoms with E-state index in [0.29, 0.717) is 11.9 Å². The van der Waals surface area contributed by atoms with Crippen molar-refractivity contribution < 1.29 is 5.11 Å². The summed E-state index contributed by atoms with van der Waals surface area (Å²) in [6.07, 6.45) is 4.82. The third-order valence-electron chi connectivity index (χ3n) is 2.81. The van der Waals surface area contributed by atoms with E-state index in [4.69, 9.17) is 11.6 Å². The van der Waals surface area contributed by atoms with Crippen LogP contribution in [-0.2, 0) is 0 Å². The van der Waals surface area contributed by atoms with Gasteiger partial charge in [-0.3, -0.25) is 4.90 Å². The SMILES string of the molecule is CC1CCCCCN1CC(O)CCl. The predicted octanol–water partition coefficient (Wildman–Crippen LogP) is 1.85. The highest BCUT2D eigenvalue weighted by Gasteiger charge is 2.18. The first-order valence-electron chi connectivity index (χ1n) is 5.22. The molecule has 0 bridgehead atoms. The van der Waals surface area contributed by atoms with E-state index < -0.39 is 0 Å². The number of rotatable bonds is 3. The Hall–Kier alpha value is 0.210. The van der Waals surface area contributed by atoms with E-state index in [1.54, 1.807) is 0 Å². The smallest absolute Gasteiger partial charge is 0.0802 e. The van der Waals surface area contributed by atoms with E-state index >= 15 is 0 Å². The van der Waals surface area contributed by atoms with Crippen molar-refractivity contribution in [3.05, 3.63) is 0 Å². The van der Waals surface area contributed by atoms with Crippen molar-refractivity contribution >= 4 is 11.6 Å². The molecule has 1 saturated heterocycles. The van der Waals surface area contributed by atoms with Crippen molar-refractivity contribution in [2.75, 3.05) is 19.0 Å². The van der Waals surface area contributed by atoms with Crippen LogP contribution < -0.4 is 0 Å². The Morgan fingerprint density at radius 1 is 1.46 bits per heavy atom. The van der Waals surface area contributed by atoms with Crippen molar-refractivity contribution in [1.29, 1.82) is 0 Å². The summed E-state index contributed by atoms with van der Waals surface area (Å²) in [5, 5.41) is 9.45. The van der Waals surface area contributed by atoms with Gasteiger partial charge in [-0.05, 0) is 26.3 Å². The molecule has 13 heavy (non-hydrogen) atoms. The monoisotopic (exact) mass is 205 g/mol. The van der Waals surface area contributed by atoms with Gasteiger partial charge in [0.1, 0.15) is 0 Å². The summed E-state index contributed by atoms with van der Waals surface area (Å²) in [4.78, 5) is 2.36. The second-order valence-corrected chi connectivity index (χ2v) is 4.31. The van der Waals surface area contributed by atoms with Crippen LogP contribution in [-0.4, -0.2) is 41.1 Å². The number of aliphatic hydroxyl groups is 1. The van der Waals surface area contributed by atoms with Gasteiger partial charge in [0.25, 0.3) is 0 Å². The topological polar surface area (TPSA) is 23.5 Å². The van der Waals surface area contributed by atoms with Crippen molar-refractivity contribution in [1.82, 2.24) is 4.90 Å². The number of alkyl halides is 1. The normalized spacial score (nSPS) is 28.4. The van der Waals surface area contributed by atoms with Crippen LogP contribution in [0.25, 0.3) is 0 Å². The maximum atomic E-state index is 9.45. The van der Waals surface area contributed by atoms with Gasteiger partial charge in [0, 0.05) is 18.5 Å². The molecule has 0 aromatic heterocycles.